The second-order valence-electron chi connectivity index (χ2n) is 7.25. The van der Waals surface area contributed by atoms with Crippen molar-refractivity contribution in [2.45, 2.75) is 33.2 Å². The number of anilines is 1. The number of hydrogen-bond donors (Lipinski definition) is 1. The van der Waals surface area contributed by atoms with Crippen LogP contribution in [0.4, 0.5) is 5.13 Å². The number of rotatable bonds is 4. The molecular formula is C21H24N4OS. The van der Waals surface area contributed by atoms with Gasteiger partial charge in [-0.15, -0.1) is 0 Å². The molecule has 1 N–H and O–H groups in total. The average Bonchev–Trinajstić information content (AvgIpc) is 3.11. The maximum Gasteiger partial charge on any atom is 0.225 e. The van der Waals surface area contributed by atoms with Crippen molar-refractivity contribution < 1.29 is 4.79 Å². The van der Waals surface area contributed by atoms with Crippen molar-refractivity contribution in [1.82, 2.24) is 15.3 Å². The number of carbonyl (C=O) groups excluding carboxylic acids is 1. The number of carbonyl (C=O) groups is 1. The highest BCUT2D eigenvalue weighted by molar-refractivity contribution is 7.22. The molecule has 0 spiro atoms. The third-order valence-electron chi connectivity index (χ3n) is 5.05. The first-order valence-corrected chi connectivity index (χ1v) is 10.2. The number of aromatic nitrogens is 2. The molecule has 1 fully saturated rings. The molecule has 1 unspecified atom stereocenters. The minimum Gasteiger partial charge on any atom is -0.350 e. The molecule has 0 saturated carbocycles. The highest BCUT2D eigenvalue weighted by Crippen LogP contribution is 2.33. The van der Waals surface area contributed by atoms with Gasteiger partial charge in [0.1, 0.15) is 0 Å². The van der Waals surface area contributed by atoms with E-state index in [4.69, 9.17) is 4.98 Å². The van der Waals surface area contributed by atoms with Crippen LogP contribution in [-0.4, -0.2) is 29.0 Å². The fourth-order valence-corrected chi connectivity index (χ4v) is 4.86. The molecule has 1 saturated heterocycles. The smallest absolute Gasteiger partial charge is 0.225 e. The normalized spacial score (nSPS) is 17.3. The molecule has 0 bridgehead atoms. The zero-order valence-electron chi connectivity index (χ0n) is 15.7. The van der Waals surface area contributed by atoms with Gasteiger partial charge in [0, 0.05) is 19.3 Å². The van der Waals surface area contributed by atoms with E-state index in [0.717, 1.165) is 42.3 Å². The molecule has 1 aliphatic rings. The number of hydrogen-bond acceptors (Lipinski definition) is 5. The van der Waals surface area contributed by atoms with Gasteiger partial charge in [0.25, 0.3) is 0 Å². The third-order valence-corrected chi connectivity index (χ3v) is 6.11. The second-order valence-corrected chi connectivity index (χ2v) is 8.26. The number of thiazole rings is 1. The van der Waals surface area contributed by atoms with Crippen molar-refractivity contribution in [3.05, 3.63) is 53.3 Å². The zero-order valence-corrected chi connectivity index (χ0v) is 16.6. The number of amides is 1. The van der Waals surface area contributed by atoms with Gasteiger partial charge in [-0.25, -0.2) is 4.98 Å². The van der Waals surface area contributed by atoms with Gasteiger partial charge < -0.3 is 10.2 Å². The van der Waals surface area contributed by atoms with E-state index < -0.39 is 0 Å². The Bertz CT molecular complexity index is 953. The number of nitrogens with zero attached hydrogens (tertiary/aromatic N) is 3. The summed E-state index contributed by atoms with van der Waals surface area (Å²) in [5, 5.41) is 4.07. The molecule has 1 aliphatic heterocycles. The van der Waals surface area contributed by atoms with Crippen LogP contribution in [0.25, 0.3) is 10.2 Å². The molecule has 0 aliphatic carbocycles. The molecular weight excluding hydrogens is 356 g/mol. The molecule has 2 aromatic heterocycles. The summed E-state index contributed by atoms with van der Waals surface area (Å²) in [5.41, 5.74) is 4.45. The van der Waals surface area contributed by atoms with E-state index in [1.54, 1.807) is 17.5 Å². The van der Waals surface area contributed by atoms with Crippen LogP contribution in [0.5, 0.6) is 0 Å². The van der Waals surface area contributed by atoms with Crippen LogP contribution in [0.2, 0.25) is 0 Å². The standard InChI is InChI=1S/C21H24N4OS/c1-14-10-15(2)19-18(11-14)27-21(24-19)25-9-5-6-16(13-25)20(26)23-12-17-7-3-4-8-22-17/h3-4,7-8,10-11,16H,5-6,9,12-13H2,1-2H3,(H,23,26). The second kappa shape index (κ2) is 7.64. The minimum absolute atomic E-state index is 0.00249. The Hall–Kier alpha value is -2.47. The summed E-state index contributed by atoms with van der Waals surface area (Å²) in [4.78, 5) is 24.0. The molecule has 5 nitrogen and oxygen atoms in total. The van der Waals surface area contributed by atoms with Gasteiger partial charge in [0.2, 0.25) is 5.91 Å². The van der Waals surface area contributed by atoms with Crippen molar-refractivity contribution in [2.75, 3.05) is 18.0 Å². The molecule has 0 radical (unpaired) electrons. The van der Waals surface area contributed by atoms with E-state index in [9.17, 15) is 4.79 Å². The summed E-state index contributed by atoms with van der Waals surface area (Å²) < 4.78 is 1.23. The summed E-state index contributed by atoms with van der Waals surface area (Å²) in [6, 6.07) is 10.1. The van der Waals surface area contributed by atoms with Gasteiger partial charge >= 0.3 is 0 Å². The van der Waals surface area contributed by atoms with E-state index >= 15 is 0 Å². The first-order valence-electron chi connectivity index (χ1n) is 9.40. The predicted octanol–water partition coefficient (Wildman–Crippen LogP) is 3.84. The number of nitrogens with one attached hydrogen (secondary N) is 1. The fraction of sp³-hybridized carbons (Fsp3) is 0.381. The van der Waals surface area contributed by atoms with Gasteiger partial charge in [0.05, 0.1) is 28.4 Å². The Balaban J connectivity index is 1.45. The van der Waals surface area contributed by atoms with Crippen LogP contribution in [0.15, 0.2) is 36.5 Å². The highest BCUT2D eigenvalue weighted by Gasteiger charge is 2.27. The summed E-state index contributed by atoms with van der Waals surface area (Å²) in [5.74, 6) is 0.107. The maximum absolute atomic E-state index is 12.6. The lowest BCUT2D eigenvalue weighted by molar-refractivity contribution is -0.125. The summed E-state index contributed by atoms with van der Waals surface area (Å²) in [6.45, 7) is 6.40. The molecule has 1 aromatic carbocycles. The van der Waals surface area contributed by atoms with Crippen LogP contribution < -0.4 is 10.2 Å². The third kappa shape index (κ3) is 3.95. The Morgan fingerprint density at radius 2 is 2.22 bits per heavy atom. The molecule has 4 rings (SSSR count). The maximum atomic E-state index is 12.6. The lowest BCUT2D eigenvalue weighted by Gasteiger charge is -2.31. The quantitative estimate of drug-likeness (QED) is 0.747. The Labute approximate surface area is 163 Å². The minimum atomic E-state index is -0.00249. The fourth-order valence-electron chi connectivity index (χ4n) is 3.68. The van der Waals surface area contributed by atoms with Crippen molar-refractivity contribution >= 4 is 32.6 Å². The number of piperidine rings is 1. The molecule has 27 heavy (non-hydrogen) atoms. The molecule has 3 aromatic rings. The largest absolute Gasteiger partial charge is 0.350 e. The average molecular weight is 381 g/mol. The molecule has 1 amide bonds. The van der Waals surface area contributed by atoms with Crippen molar-refractivity contribution in [3.63, 3.8) is 0 Å². The van der Waals surface area contributed by atoms with E-state index in [2.05, 4.69) is 41.2 Å². The first-order chi connectivity index (χ1) is 13.1. The summed E-state index contributed by atoms with van der Waals surface area (Å²) >= 11 is 1.73. The highest BCUT2D eigenvalue weighted by atomic mass is 32.1. The van der Waals surface area contributed by atoms with E-state index in [-0.39, 0.29) is 11.8 Å². The van der Waals surface area contributed by atoms with Gasteiger partial charge in [-0.1, -0.05) is 23.5 Å². The van der Waals surface area contributed by atoms with Crippen LogP contribution >= 0.6 is 11.3 Å². The first kappa shape index (κ1) is 17.9. The van der Waals surface area contributed by atoms with Crippen molar-refractivity contribution in [3.8, 4) is 0 Å². The van der Waals surface area contributed by atoms with Gasteiger partial charge in [0.15, 0.2) is 5.13 Å². The van der Waals surface area contributed by atoms with E-state index in [0.29, 0.717) is 6.54 Å². The Kier molecular flexibility index (Phi) is 5.07. The monoisotopic (exact) mass is 380 g/mol. The van der Waals surface area contributed by atoms with Gasteiger partial charge in [-0.3, -0.25) is 9.78 Å². The molecule has 1 atom stereocenters. The topological polar surface area (TPSA) is 58.1 Å². The lowest BCUT2D eigenvalue weighted by Crippen LogP contribution is -2.43. The number of fused-ring (bicyclic) bond motifs is 1. The van der Waals surface area contributed by atoms with Crippen LogP contribution in [0.3, 0.4) is 0 Å². The molecule has 140 valence electrons. The van der Waals surface area contributed by atoms with E-state index in [1.165, 1.54) is 15.8 Å². The number of pyridine rings is 1. The Morgan fingerprint density at radius 3 is 3.04 bits per heavy atom. The van der Waals surface area contributed by atoms with Crippen molar-refractivity contribution in [1.29, 1.82) is 0 Å². The van der Waals surface area contributed by atoms with Gasteiger partial charge in [-0.2, -0.15) is 0 Å². The van der Waals surface area contributed by atoms with Crippen LogP contribution in [0.1, 0.15) is 29.7 Å². The molecule has 6 heteroatoms. The van der Waals surface area contributed by atoms with E-state index in [1.807, 2.05) is 18.2 Å². The number of aryl methyl sites for hydroxylation is 2. The SMILES string of the molecule is Cc1cc(C)c2nc(N3CCCC(C(=O)NCc4ccccn4)C3)sc2c1. The van der Waals surface area contributed by atoms with Crippen LogP contribution in [-0.2, 0) is 11.3 Å². The Morgan fingerprint density at radius 1 is 1.33 bits per heavy atom. The molecule has 3 heterocycles. The van der Waals surface area contributed by atoms with Gasteiger partial charge in [-0.05, 0) is 56.0 Å². The summed E-state index contributed by atoms with van der Waals surface area (Å²) in [7, 11) is 0. The van der Waals surface area contributed by atoms with Crippen LogP contribution in [0, 0.1) is 19.8 Å². The summed E-state index contributed by atoms with van der Waals surface area (Å²) in [6.07, 6.45) is 3.68. The zero-order chi connectivity index (χ0) is 18.8. The lowest BCUT2D eigenvalue weighted by atomic mass is 9.97. The van der Waals surface area contributed by atoms with Crippen molar-refractivity contribution in [2.24, 2.45) is 5.92 Å². The predicted molar refractivity (Wildman–Crippen MR) is 110 cm³/mol. The number of benzene rings is 1.